The van der Waals surface area contributed by atoms with E-state index >= 15 is 0 Å². The minimum absolute atomic E-state index is 0.0643. The maximum atomic E-state index is 12.9. The lowest BCUT2D eigenvalue weighted by Gasteiger charge is -2.44. The van der Waals surface area contributed by atoms with Crippen LogP contribution in [-0.4, -0.2) is 62.5 Å². The average molecular weight is 427 g/mol. The molecule has 2 aromatic heterocycles. The number of hydrogen-bond acceptors (Lipinski definition) is 7. The molecule has 9 nitrogen and oxygen atoms in total. The van der Waals surface area contributed by atoms with E-state index < -0.39 is 18.0 Å². The lowest BCUT2D eigenvalue weighted by atomic mass is 10.1. The Morgan fingerprint density at radius 3 is 2.43 bits per heavy atom. The molecule has 3 heterocycles. The van der Waals surface area contributed by atoms with Crippen LogP contribution in [0.15, 0.2) is 12.3 Å². The number of carbonyl (C=O) groups is 1. The predicted molar refractivity (Wildman–Crippen MR) is 104 cm³/mol. The van der Waals surface area contributed by atoms with E-state index in [1.165, 1.54) is 11.8 Å². The topological polar surface area (TPSA) is 102 Å². The standard InChI is InChI=1S/C18H24F3N7O2/c1-10-12(9-28(25-10)18(19,20)21)13-6-14(24-15(22)23-13)27-7-11(8-27)26(5)16(29)30-17(2,3)4/h6,9,11H,7-8H2,1-5H3,(H2,22,23,24). The highest BCUT2D eigenvalue weighted by Crippen LogP contribution is 2.31. The van der Waals surface area contributed by atoms with Crippen molar-refractivity contribution in [1.29, 1.82) is 0 Å². The number of alkyl halides is 3. The Kier molecular flexibility index (Phi) is 5.29. The van der Waals surface area contributed by atoms with Gasteiger partial charge in [0.05, 0.1) is 17.4 Å². The normalized spacial score (nSPS) is 15.1. The molecule has 0 aliphatic carbocycles. The van der Waals surface area contributed by atoms with Gasteiger partial charge >= 0.3 is 12.4 Å². The molecule has 0 radical (unpaired) electrons. The van der Waals surface area contributed by atoms with Crippen molar-refractivity contribution in [2.24, 2.45) is 0 Å². The van der Waals surface area contributed by atoms with E-state index in [9.17, 15) is 18.0 Å². The fraction of sp³-hybridized carbons (Fsp3) is 0.556. The summed E-state index contributed by atoms with van der Waals surface area (Å²) in [7, 11) is 1.66. The van der Waals surface area contributed by atoms with Gasteiger partial charge in [-0.05, 0) is 27.7 Å². The molecule has 164 valence electrons. The molecular weight excluding hydrogens is 403 g/mol. The molecule has 2 aromatic rings. The molecule has 1 saturated heterocycles. The van der Waals surface area contributed by atoms with E-state index in [0.717, 1.165) is 6.20 Å². The van der Waals surface area contributed by atoms with Crippen molar-refractivity contribution in [3.63, 3.8) is 0 Å². The minimum atomic E-state index is -4.62. The average Bonchev–Trinajstić information content (AvgIpc) is 2.93. The third-order valence-electron chi connectivity index (χ3n) is 4.58. The zero-order valence-corrected chi connectivity index (χ0v) is 17.4. The van der Waals surface area contributed by atoms with Crippen molar-refractivity contribution < 1.29 is 22.7 Å². The first-order chi connectivity index (χ1) is 13.7. The zero-order chi connectivity index (χ0) is 22.4. The predicted octanol–water partition coefficient (Wildman–Crippen LogP) is 2.76. The fourth-order valence-electron chi connectivity index (χ4n) is 2.96. The third-order valence-corrected chi connectivity index (χ3v) is 4.58. The number of likely N-dealkylation sites (N-methyl/N-ethyl adjacent to an activating group) is 1. The summed E-state index contributed by atoms with van der Waals surface area (Å²) in [6.07, 6.45) is -4.18. The number of nitrogens with zero attached hydrogens (tertiary/aromatic N) is 6. The van der Waals surface area contributed by atoms with Crippen LogP contribution < -0.4 is 10.6 Å². The molecule has 2 N–H and O–H groups in total. The molecule has 0 unspecified atom stereocenters. The van der Waals surface area contributed by atoms with E-state index in [4.69, 9.17) is 10.5 Å². The second-order valence-corrected chi connectivity index (χ2v) is 8.16. The van der Waals surface area contributed by atoms with E-state index in [2.05, 4.69) is 15.1 Å². The molecule has 1 amide bonds. The van der Waals surface area contributed by atoms with Gasteiger partial charge in [0.25, 0.3) is 0 Å². The molecule has 0 atom stereocenters. The Bertz CT molecular complexity index is 946. The molecule has 0 spiro atoms. The molecule has 0 aromatic carbocycles. The van der Waals surface area contributed by atoms with Crippen molar-refractivity contribution in [3.8, 4) is 11.3 Å². The van der Waals surface area contributed by atoms with Crippen LogP contribution in [0.1, 0.15) is 26.5 Å². The molecular formula is C18H24F3N7O2. The zero-order valence-electron chi connectivity index (χ0n) is 17.4. The summed E-state index contributed by atoms with van der Waals surface area (Å²) in [4.78, 5) is 23.8. The van der Waals surface area contributed by atoms with Crippen molar-refractivity contribution in [2.45, 2.75) is 45.6 Å². The molecule has 0 saturated carbocycles. The molecule has 12 heteroatoms. The highest BCUT2D eigenvalue weighted by molar-refractivity contribution is 5.70. The highest BCUT2D eigenvalue weighted by Gasteiger charge is 2.36. The fourth-order valence-corrected chi connectivity index (χ4v) is 2.96. The summed E-state index contributed by atoms with van der Waals surface area (Å²) in [5.74, 6) is 0.399. The van der Waals surface area contributed by atoms with Crippen LogP contribution in [0.3, 0.4) is 0 Å². The second kappa shape index (κ2) is 7.33. The first-order valence-corrected chi connectivity index (χ1v) is 9.24. The number of ether oxygens (including phenoxy) is 1. The lowest BCUT2D eigenvalue weighted by molar-refractivity contribution is -0.212. The van der Waals surface area contributed by atoms with Gasteiger partial charge in [0.2, 0.25) is 5.95 Å². The molecule has 1 aliphatic rings. The van der Waals surface area contributed by atoms with E-state index in [-0.39, 0.29) is 33.6 Å². The summed E-state index contributed by atoms with van der Waals surface area (Å²) in [5, 5.41) is 3.50. The van der Waals surface area contributed by atoms with Gasteiger partial charge in [-0.25, -0.2) is 9.78 Å². The first-order valence-electron chi connectivity index (χ1n) is 9.24. The SMILES string of the molecule is Cc1nn(C(F)(F)F)cc1-c1cc(N2CC(N(C)C(=O)OC(C)(C)C)C2)nc(N)n1. The Hall–Kier alpha value is -3.05. The maximum absolute atomic E-state index is 12.9. The second-order valence-electron chi connectivity index (χ2n) is 8.16. The number of hydrogen-bond donors (Lipinski definition) is 1. The van der Waals surface area contributed by atoms with Gasteiger partial charge in [-0.1, -0.05) is 0 Å². The van der Waals surface area contributed by atoms with Crippen LogP contribution in [0, 0.1) is 6.92 Å². The number of aryl methyl sites for hydroxylation is 1. The summed E-state index contributed by atoms with van der Waals surface area (Å²) in [5.41, 5.74) is 5.82. The number of aromatic nitrogens is 4. The number of amides is 1. The van der Waals surface area contributed by atoms with Gasteiger partial charge in [0, 0.05) is 38.0 Å². The summed E-state index contributed by atoms with van der Waals surface area (Å²) < 4.78 is 44.1. The minimum Gasteiger partial charge on any atom is -0.444 e. The Morgan fingerprint density at radius 1 is 1.27 bits per heavy atom. The van der Waals surface area contributed by atoms with E-state index in [1.54, 1.807) is 33.9 Å². The number of halogens is 3. The lowest BCUT2D eigenvalue weighted by Crippen LogP contribution is -2.60. The number of anilines is 2. The summed E-state index contributed by atoms with van der Waals surface area (Å²) in [6, 6.07) is 1.47. The monoisotopic (exact) mass is 427 g/mol. The Labute approximate surface area is 171 Å². The van der Waals surface area contributed by atoms with Gasteiger partial charge in [-0.2, -0.15) is 14.8 Å². The smallest absolute Gasteiger partial charge is 0.444 e. The molecule has 0 bridgehead atoms. The van der Waals surface area contributed by atoms with E-state index in [0.29, 0.717) is 18.9 Å². The number of nitrogens with two attached hydrogens (primary N) is 1. The number of nitrogen functional groups attached to an aromatic ring is 1. The van der Waals surface area contributed by atoms with Gasteiger partial charge in [-0.3, -0.25) is 0 Å². The highest BCUT2D eigenvalue weighted by atomic mass is 19.4. The molecule has 1 aliphatic heterocycles. The van der Waals surface area contributed by atoms with Gasteiger partial charge in [-0.15, -0.1) is 13.2 Å². The molecule has 30 heavy (non-hydrogen) atoms. The summed E-state index contributed by atoms with van der Waals surface area (Å²) >= 11 is 0. The number of carbonyl (C=O) groups excluding carboxylic acids is 1. The van der Waals surface area contributed by atoms with Crippen molar-refractivity contribution in [3.05, 3.63) is 18.0 Å². The quantitative estimate of drug-likeness (QED) is 0.804. The van der Waals surface area contributed by atoms with Crippen LogP contribution >= 0.6 is 0 Å². The maximum Gasteiger partial charge on any atom is 0.504 e. The van der Waals surface area contributed by atoms with Crippen LogP contribution in [0.4, 0.5) is 29.7 Å². The largest absolute Gasteiger partial charge is 0.504 e. The Morgan fingerprint density at radius 2 is 1.90 bits per heavy atom. The summed E-state index contributed by atoms with van der Waals surface area (Å²) in [6.45, 7) is 7.80. The van der Waals surface area contributed by atoms with Crippen LogP contribution in [0.5, 0.6) is 0 Å². The molecule has 1 fully saturated rings. The molecule has 3 rings (SSSR count). The van der Waals surface area contributed by atoms with Crippen LogP contribution in [0.2, 0.25) is 0 Å². The first kappa shape index (κ1) is 21.7. The van der Waals surface area contributed by atoms with Gasteiger partial charge in [0.15, 0.2) is 0 Å². The van der Waals surface area contributed by atoms with E-state index in [1.807, 2.05) is 4.90 Å². The Balaban J connectivity index is 1.75. The van der Waals surface area contributed by atoms with Crippen molar-refractivity contribution >= 4 is 17.9 Å². The third kappa shape index (κ3) is 4.57. The number of rotatable bonds is 3. The van der Waals surface area contributed by atoms with Crippen LogP contribution in [-0.2, 0) is 11.0 Å². The van der Waals surface area contributed by atoms with Crippen LogP contribution in [0.25, 0.3) is 11.3 Å². The van der Waals surface area contributed by atoms with Gasteiger partial charge in [0.1, 0.15) is 11.4 Å². The van der Waals surface area contributed by atoms with Gasteiger partial charge < -0.3 is 20.3 Å². The van der Waals surface area contributed by atoms with Crippen molar-refractivity contribution in [1.82, 2.24) is 24.6 Å². The van der Waals surface area contributed by atoms with Crippen molar-refractivity contribution in [2.75, 3.05) is 30.8 Å².